The number of hydrazine groups is 1. The van der Waals surface area contributed by atoms with Gasteiger partial charge in [0.05, 0.1) is 6.10 Å². The van der Waals surface area contributed by atoms with Crippen molar-refractivity contribution in [3.05, 3.63) is 47.0 Å². The SMILES string of the molecule is Cc1ccc(C(O)CN2CC=C(C3=NCC(=O)NN3)CC2)cc1. The molecule has 2 aliphatic rings. The predicted molar refractivity (Wildman–Crippen MR) is 88.9 cm³/mol. The highest BCUT2D eigenvalue weighted by Gasteiger charge is 2.20. The average molecular weight is 314 g/mol. The summed E-state index contributed by atoms with van der Waals surface area (Å²) in [6.07, 6.45) is 2.48. The second-order valence-corrected chi connectivity index (χ2v) is 6.00. The van der Waals surface area contributed by atoms with E-state index in [1.54, 1.807) is 0 Å². The minimum absolute atomic E-state index is 0.118. The molecular weight excluding hydrogens is 292 g/mol. The molecule has 122 valence electrons. The van der Waals surface area contributed by atoms with Crippen molar-refractivity contribution in [2.24, 2.45) is 4.99 Å². The van der Waals surface area contributed by atoms with Crippen molar-refractivity contribution in [1.29, 1.82) is 0 Å². The Kier molecular flexibility index (Phi) is 4.73. The number of rotatable bonds is 4. The lowest BCUT2D eigenvalue weighted by molar-refractivity contribution is -0.120. The maximum absolute atomic E-state index is 11.1. The summed E-state index contributed by atoms with van der Waals surface area (Å²) in [7, 11) is 0. The number of aryl methyl sites for hydroxylation is 1. The van der Waals surface area contributed by atoms with Gasteiger partial charge in [0, 0.05) is 19.6 Å². The fraction of sp³-hybridized carbons (Fsp3) is 0.412. The number of aliphatic hydroxyl groups is 1. The van der Waals surface area contributed by atoms with Gasteiger partial charge in [0.15, 0.2) is 0 Å². The average Bonchev–Trinajstić information content (AvgIpc) is 2.57. The first-order chi connectivity index (χ1) is 11.1. The molecule has 0 saturated heterocycles. The molecule has 0 fully saturated rings. The molecule has 0 aliphatic carbocycles. The van der Waals surface area contributed by atoms with Crippen molar-refractivity contribution in [2.75, 3.05) is 26.2 Å². The van der Waals surface area contributed by atoms with Crippen molar-refractivity contribution in [1.82, 2.24) is 15.8 Å². The zero-order valence-electron chi connectivity index (χ0n) is 13.2. The van der Waals surface area contributed by atoms with E-state index in [0.717, 1.165) is 36.5 Å². The zero-order chi connectivity index (χ0) is 16.2. The number of hydrogen-bond donors (Lipinski definition) is 3. The van der Waals surface area contributed by atoms with Crippen LogP contribution in [-0.4, -0.2) is 47.9 Å². The molecule has 0 bridgehead atoms. The van der Waals surface area contributed by atoms with E-state index < -0.39 is 6.10 Å². The molecule has 1 aromatic rings. The van der Waals surface area contributed by atoms with Crippen LogP contribution in [0.2, 0.25) is 0 Å². The number of hydrogen-bond acceptors (Lipinski definition) is 5. The summed E-state index contributed by atoms with van der Waals surface area (Å²) in [6, 6.07) is 8.01. The van der Waals surface area contributed by atoms with Crippen molar-refractivity contribution in [2.45, 2.75) is 19.4 Å². The summed E-state index contributed by atoms with van der Waals surface area (Å²) >= 11 is 0. The molecule has 0 saturated carbocycles. The molecule has 1 amide bonds. The Morgan fingerprint density at radius 1 is 1.30 bits per heavy atom. The quantitative estimate of drug-likeness (QED) is 0.764. The molecule has 3 N–H and O–H groups in total. The number of aliphatic hydroxyl groups excluding tert-OH is 1. The number of aliphatic imine (C=N–C) groups is 1. The first kappa shape index (κ1) is 15.7. The molecule has 2 aliphatic heterocycles. The molecule has 2 heterocycles. The minimum Gasteiger partial charge on any atom is -0.387 e. The monoisotopic (exact) mass is 314 g/mol. The molecule has 0 spiro atoms. The van der Waals surface area contributed by atoms with Gasteiger partial charge in [-0.3, -0.25) is 25.5 Å². The second kappa shape index (κ2) is 6.93. The standard InChI is InChI=1S/C17H22N4O2/c1-12-2-4-13(5-3-12)15(22)11-21-8-6-14(7-9-21)17-18-10-16(23)19-20-17/h2-6,15,22H,7-11H2,1H3,(H,18,20)(H,19,23). The molecule has 0 aromatic heterocycles. The van der Waals surface area contributed by atoms with Gasteiger partial charge in [0.2, 0.25) is 0 Å². The van der Waals surface area contributed by atoms with E-state index in [1.807, 2.05) is 31.2 Å². The Labute approximate surface area is 135 Å². The van der Waals surface area contributed by atoms with Crippen LogP contribution in [0.1, 0.15) is 23.7 Å². The lowest BCUT2D eigenvalue weighted by atomic mass is 10.0. The molecule has 23 heavy (non-hydrogen) atoms. The van der Waals surface area contributed by atoms with Gasteiger partial charge in [-0.25, -0.2) is 0 Å². The number of carbonyl (C=O) groups is 1. The van der Waals surface area contributed by atoms with Gasteiger partial charge < -0.3 is 5.11 Å². The number of nitrogens with zero attached hydrogens (tertiary/aromatic N) is 2. The van der Waals surface area contributed by atoms with Crippen LogP contribution in [0.25, 0.3) is 0 Å². The van der Waals surface area contributed by atoms with Gasteiger partial charge >= 0.3 is 0 Å². The van der Waals surface area contributed by atoms with Crippen LogP contribution in [0.15, 0.2) is 40.9 Å². The van der Waals surface area contributed by atoms with Gasteiger partial charge in [0.25, 0.3) is 5.91 Å². The molecular formula is C17H22N4O2. The smallest absolute Gasteiger partial charge is 0.260 e. The fourth-order valence-corrected chi connectivity index (χ4v) is 2.77. The Bertz CT molecular complexity index is 636. The van der Waals surface area contributed by atoms with Gasteiger partial charge in [-0.05, 0) is 24.5 Å². The highest BCUT2D eigenvalue weighted by molar-refractivity contribution is 6.02. The molecule has 1 unspecified atom stereocenters. The minimum atomic E-state index is -0.477. The van der Waals surface area contributed by atoms with Gasteiger partial charge in [-0.15, -0.1) is 0 Å². The number of benzene rings is 1. The maximum Gasteiger partial charge on any atom is 0.260 e. The number of nitrogens with one attached hydrogen (secondary N) is 2. The van der Waals surface area contributed by atoms with Crippen LogP contribution >= 0.6 is 0 Å². The van der Waals surface area contributed by atoms with Crippen molar-refractivity contribution >= 4 is 11.7 Å². The third kappa shape index (κ3) is 3.97. The summed E-state index contributed by atoms with van der Waals surface area (Å²) < 4.78 is 0. The van der Waals surface area contributed by atoms with Gasteiger partial charge in [-0.2, -0.15) is 0 Å². The summed E-state index contributed by atoms with van der Waals surface area (Å²) in [5.74, 6) is 0.635. The number of carbonyl (C=O) groups excluding carboxylic acids is 1. The first-order valence-electron chi connectivity index (χ1n) is 7.87. The van der Waals surface area contributed by atoms with E-state index in [2.05, 4.69) is 26.8 Å². The Morgan fingerprint density at radius 3 is 2.70 bits per heavy atom. The highest BCUT2D eigenvalue weighted by atomic mass is 16.3. The van der Waals surface area contributed by atoms with Crippen LogP contribution in [0, 0.1) is 6.92 Å². The Balaban J connectivity index is 1.56. The maximum atomic E-state index is 11.1. The largest absolute Gasteiger partial charge is 0.387 e. The molecule has 6 heteroatoms. The summed E-state index contributed by atoms with van der Waals surface area (Å²) in [5, 5.41) is 10.4. The third-order valence-corrected chi connectivity index (χ3v) is 4.19. The van der Waals surface area contributed by atoms with E-state index in [1.165, 1.54) is 5.56 Å². The van der Waals surface area contributed by atoms with Crippen molar-refractivity contribution in [3.8, 4) is 0 Å². The summed E-state index contributed by atoms with van der Waals surface area (Å²) in [6.45, 7) is 4.47. The number of amidine groups is 1. The number of amides is 1. The summed E-state index contributed by atoms with van der Waals surface area (Å²) in [5.41, 5.74) is 8.69. The van der Waals surface area contributed by atoms with Crippen LogP contribution in [0.4, 0.5) is 0 Å². The first-order valence-corrected chi connectivity index (χ1v) is 7.87. The van der Waals surface area contributed by atoms with Crippen LogP contribution < -0.4 is 10.9 Å². The lowest BCUT2D eigenvalue weighted by Crippen LogP contribution is -2.48. The zero-order valence-corrected chi connectivity index (χ0v) is 13.2. The molecule has 3 rings (SSSR count). The molecule has 0 radical (unpaired) electrons. The molecule has 1 atom stereocenters. The van der Waals surface area contributed by atoms with Gasteiger partial charge in [0.1, 0.15) is 12.4 Å². The molecule has 1 aromatic carbocycles. The number of β-amino-alcohol motifs (C(OH)–C–C–N with tert-alkyl or cyclic N) is 1. The van der Waals surface area contributed by atoms with E-state index in [4.69, 9.17) is 0 Å². The summed E-state index contributed by atoms with van der Waals surface area (Å²) in [4.78, 5) is 17.5. The normalized spacial score (nSPS) is 20.2. The van der Waals surface area contributed by atoms with Crippen LogP contribution in [0.3, 0.4) is 0 Å². The fourth-order valence-electron chi connectivity index (χ4n) is 2.77. The van der Waals surface area contributed by atoms with E-state index in [9.17, 15) is 9.90 Å². The second-order valence-electron chi connectivity index (χ2n) is 6.00. The Morgan fingerprint density at radius 2 is 2.09 bits per heavy atom. The van der Waals surface area contributed by atoms with Gasteiger partial charge in [-0.1, -0.05) is 35.9 Å². The lowest BCUT2D eigenvalue weighted by Gasteiger charge is -2.29. The van der Waals surface area contributed by atoms with E-state index in [0.29, 0.717) is 6.54 Å². The van der Waals surface area contributed by atoms with Crippen molar-refractivity contribution < 1.29 is 9.90 Å². The van der Waals surface area contributed by atoms with E-state index >= 15 is 0 Å². The van der Waals surface area contributed by atoms with Crippen LogP contribution in [0.5, 0.6) is 0 Å². The third-order valence-electron chi connectivity index (χ3n) is 4.19. The van der Waals surface area contributed by atoms with Crippen LogP contribution in [-0.2, 0) is 4.79 Å². The molecule has 6 nitrogen and oxygen atoms in total. The van der Waals surface area contributed by atoms with E-state index in [-0.39, 0.29) is 12.5 Å². The highest BCUT2D eigenvalue weighted by Crippen LogP contribution is 2.18. The van der Waals surface area contributed by atoms with Crippen molar-refractivity contribution in [3.63, 3.8) is 0 Å². The Hall–Kier alpha value is -2.18. The predicted octanol–water partition coefficient (Wildman–Crippen LogP) is 0.693. The topological polar surface area (TPSA) is 77.0 Å².